The van der Waals surface area contributed by atoms with E-state index in [1.54, 1.807) is 19.3 Å². The molecule has 4 nitrogen and oxygen atoms in total. The second kappa shape index (κ2) is 8.92. The third-order valence-corrected chi connectivity index (χ3v) is 3.55. The van der Waals surface area contributed by atoms with Crippen LogP contribution >= 0.6 is 11.6 Å². The molecule has 0 atom stereocenters. The minimum Gasteiger partial charge on any atom is -0.462 e. The molecule has 0 N–H and O–H groups in total. The van der Waals surface area contributed by atoms with Gasteiger partial charge >= 0.3 is 12.1 Å². The van der Waals surface area contributed by atoms with E-state index in [1.807, 2.05) is 18.9 Å². The number of ether oxygens (including phenoxy) is 1. The maximum absolute atomic E-state index is 12.0. The number of hydrogen-bond acceptors (Lipinski definition) is 3. The number of halogens is 4. The number of aryl methyl sites for hydroxylation is 1. The van der Waals surface area contributed by atoms with Gasteiger partial charge in [0.05, 0.1) is 29.2 Å². The summed E-state index contributed by atoms with van der Waals surface area (Å²) in [7, 11) is 1.86. The summed E-state index contributed by atoms with van der Waals surface area (Å²) in [4.78, 5) is 18.0. The van der Waals surface area contributed by atoms with Crippen molar-refractivity contribution >= 4 is 29.6 Å². The van der Waals surface area contributed by atoms with Crippen LogP contribution in [0.5, 0.6) is 0 Å². The van der Waals surface area contributed by atoms with Crippen molar-refractivity contribution in [3.05, 3.63) is 28.3 Å². The number of carbonyl (C=O) groups excluding carboxylic acids is 1. The van der Waals surface area contributed by atoms with Crippen molar-refractivity contribution in [2.75, 3.05) is 20.2 Å². The van der Waals surface area contributed by atoms with Crippen molar-refractivity contribution in [1.82, 2.24) is 4.90 Å². The van der Waals surface area contributed by atoms with Gasteiger partial charge in [-0.2, -0.15) is 13.2 Å². The lowest BCUT2D eigenvalue weighted by atomic mass is 10.1. The third-order valence-electron chi connectivity index (χ3n) is 3.24. The molecule has 0 aliphatic heterocycles. The van der Waals surface area contributed by atoms with Gasteiger partial charge in [-0.3, -0.25) is 0 Å². The van der Waals surface area contributed by atoms with E-state index in [0.717, 1.165) is 6.54 Å². The van der Waals surface area contributed by atoms with Crippen LogP contribution < -0.4 is 0 Å². The number of esters is 1. The van der Waals surface area contributed by atoms with Gasteiger partial charge in [0.25, 0.3) is 0 Å². The van der Waals surface area contributed by atoms with Crippen LogP contribution in [-0.4, -0.2) is 43.6 Å². The molecule has 0 spiro atoms. The van der Waals surface area contributed by atoms with Crippen LogP contribution in [0.4, 0.5) is 18.9 Å². The van der Waals surface area contributed by atoms with E-state index < -0.39 is 18.6 Å². The minimum atomic E-state index is -4.25. The summed E-state index contributed by atoms with van der Waals surface area (Å²) in [5.74, 6) is -0.696. The van der Waals surface area contributed by atoms with Gasteiger partial charge in [-0.1, -0.05) is 11.6 Å². The molecule has 0 saturated carbocycles. The van der Waals surface area contributed by atoms with Crippen LogP contribution in [0.25, 0.3) is 0 Å². The maximum Gasteiger partial charge on any atom is 0.389 e. The van der Waals surface area contributed by atoms with Gasteiger partial charge < -0.3 is 9.64 Å². The van der Waals surface area contributed by atoms with Gasteiger partial charge in [0, 0.05) is 20.0 Å². The van der Waals surface area contributed by atoms with E-state index in [-0.39, 0.29) is 23.6 Å². The fourth-order valence-electron chi connectivity index (χ4n) is 1.74. The van der Waals surface area contributed by atoms with Gasteiger partial charge in [-0.05, 0) is 38.0 Å². The number of nitrogens with zero attached hydrogens (tertiary/aromatic N) is 2. The van der Waals surface area contributed by atoms with Gasteiger partial charge in [0.1, 0.15) is 0 Å². The summed E-state index contributed by atoms with van der Waals surface area (Å²) in [6.07, 6.45) is -3.89. The first-order valence-corrected chi connectivity index (χ1v) is 7.80. The lowest BCUT2D eigenvalue weighted by Crippen LogP contribution is -2.14. The van der Waals surface area contributed by atoms with Gasteiger partial charge in [-0.15, -0.1) is 0 Å². The standard InChI is InChI=1S/C16H20ClF3N2O2/c1-4-22(3)10-21-14-8-11(2)12(9-13(14)17)15(23)24-7-5-6-16(18,19)20/h8-10H,4-7H2,1-3H3. The van der Waals surface area contributed by atoms with Crippen molar-refractivity contribution in [1.29, 1.82) is 0 Å². The average Bonchev–Trinajstić information content (AvgIpc) is 2.50. The lowest BCUT2D eigenvalue weighted by Gasteiger charge is -2.11. The molecule has 0 fully saturated rings. The van der Waals surface area contributed by atoms with Crippen molar-refractivity contribution < 1.29 is 22.7 Å². The minimum absolute atomic E-state index is 0.217. The number of rotatable bonds is 7. The molecule has 0 aromatic heterocycles. The number of benzene rings is 1. The topological polar surface area (TPSA) is 41.9 Å². The Hall–Kier alpha value is -1.76. The molecule has 0 radical (unpaired) electrons. The summed E-state index contributed by atoms with van der Waals surface area (Å²) in [6.45, 7) is 4.14. The molecule has 1 rings (SSSR count). The highest BCUT2D eigenvalue weighted by Gasteiger charge is 2.26. The quantitative estimate of drug-likeness (QED) is 0.303. The van der Waals surface area contributed by atoms with Crippen molar-refractivity contribution in [3.63, 3.8) is 0 Å². The Morgan fingerprint density at radius 1 is 1.42 bits per heavy atom. The van der Waals surface area contributed by atoms with Crippen molar-refractivity contribution in [3.8, 4) is 0 Å². The molecular formula is C16H20ClF3N2O2. The highest BCUT2D eigenvalue weighted by Crippen LogP contribution is 2.29. The molecule has 0 aliphatic rings. The third kappa shape index (κ3) is 6.78. The molecule has 0 heterocycles. The number of hydrogen-bond donors (Lipinski definition) is 0. The largest absolute Gasteiger partial charge is 0.462 e. The van der Waals surface area contributed by atoms with Crippen LogP contribution in [0.1, 0.15) is 35.7 Å². The maximum atomic E-state index is 12.0. The summed E-state index contributed by atoms with van der Waals surface area (Å²) >= 11 is 6.10. The average molecular weight is 365 g/mol. The Morgan fingerprint density at radius 3 is 2.67 bits per heavy atom. The summed E-state index contributed by atoms with van der Waals surface area (Å²) < 4.78 is 41.0. The molecule has 1 aromatic rings. The Morgan fingerprint density at radius 2 is 2.08 bits per heavy atom. The molecule has 0 bridgehead atoms. The van der Waals surface area contributed by atoms with Crippen molar-refractivity contribution in [2.45, 2.75) is 32.9 Å². The zero-order chi connectivity index (χ0) is 18.3. The summed E-state index contributed by atoms with van der Waals surface area (Å²) in [6, 6.07) is 3.05. The summed E-state index contributed by atoms with van der Waals surface area (Å²) in [5.41, 5.74) is 1.31. The second-order valence-corrected chi connectivity index (χ2v) is 5.70. The van der Waals surface area contributed by atoms with Crippen LogP contribution in [0.3, 0.4) is 0 Å². The molecule has 24 heavy (non-hydrogen) atoms. The second-order valence-electron chi connectivity index (χ2n) is 5.29. The Bertz CT molecular complexity index is 604. The molecule has 0 amide bonds. The van der Waals surface area contributed by atoms with E-state index in [9.17, 15) is 18.0 Å². The number of carbonyl (C=O) groups is 1. The fraction of sp³-hybridized carbons (Fsp3) is 0.500. The van der Waals surface area contributed by atoms with E-state index in [1.165, 1.54) is 6.07 Å². The normalized spacial score (nSPS) is 11.8. The highest BCUT2D eigenvalue weighted by atomic mass is 35.5. The first kappa shape index (κ1) is 20.3. The molecular weight excluding hydrogens is 345 g/mol. The van der Waals surface area contributed by atoms with Crippen molar-refractivity contribution in [2.24, 2.45) is 4.99 Å². The van der Waals surface area contributed by atoms with Crippen LogP contribution in [0, 0.1) is 6.92 Å². The zero-order valence-electron chi connectivity index (χ0n) is 13.8. The zero-order valence-corrected chi connectivity index (χ0v) is 14.5. The Kier molecular flexibility index (Phi) is 7.54. The first-order valence-electron chi connectivity index (χ1n) is 7.42. The van der Waals surface area contributed by atoms with Crippen LogP contribution in [0.2, 0.25) is 5.02 Å². The number of aliphatic imine (C=N–C) groups is 1. The Balaban J connectivity index is 2.74. The van der Waals surface area contributed by atoms with E-state index in [0.29, 0.717) is 11.3 Å². The predicted octanol–water partition coefficient (Wildman–Crippen LogP) is 4.76. The predicted molar refractivity (Wildman–Crippen MR) is 88.2 cm³/mol. The van der Waals surface area contributed by atoms with Gasteiger partial charge in [0.15, 0.2) is 0 Å². The van der Waals surface area contributed by atoms with Gasteiger partial charge in [-0.25, -0.2) is 9.79 Å². The monoisotopic (exact) mass is 364 g/mol. The molecule has 8 heteroatoms. The Labute approximate surface area is 144 Å². The van der Waals surface area contributed by atoms with Crippen LogP contribution in [0.15, 0.2) is 17.1 Å². The smallest absolute Gasteiger partial charge is 0.389 e. The molecule has 1 aromatic carbocycles. The number of alkyl halides is 3. The molecule has 134 valence electrons. The van der Waals surface area contributed by atoms with E-state index in [2.05, 4.69) is 4.99 Å². The fourth-order valence-corrected chi connectivity index (χ4v) is 1.96. The molecule has 0 aliphatic carbocycles. The summed E-state index contributed by atoms with van der Waals surface area (Å²) in [5, 5.41) is 0.267. The van der Waals surface area contributed by atoms with E-state index in [4.69, 9.17) is 16.3 Å². The first-order chi connectivity index (χ1) is 11.1. The molecule has 0 unspecified atom stereocenters. The van der Waals surface area contributed by atoms with Gasteiger partial charge in [0.2, 0.25) is 0 Å². The highest BCUT2D eigenvalue weighted by molar-refractivity contribution is 6.33. The SMILES string of the molecule is CCN(C)C=Nc1cc(C)c(C(=O)OCCCC(F)(F)F)cc1Cl. The van der Waals surface area contributed by atoms with Crippen LogP contribution in [-0.2, 0) is 4.74 Å². The lowest BCUT2D eigenvalue weighted by molar-refractivity contribution is -0.137. The van der Waals surface area contributed by atoms with E-state index >= 15 is 0 Å². The molecule has 0 saturated heterocycles.